The molecule has 0 amide bonds. The van der Waals surface area contributed by atoms with Gasteiger partial charge in [-0.05, 0) is 41.4 Å². The van der Waals surface area contributed by atoms with Crippen LogP contribution in [0.2, 0.25) is 16.6 Å². The van der Waals surface area contributed by atoms with Crippen LogP contribution in [0, 0.1) is 0 Å². The molecule has 3 atom stereocenters. The van der Waals surface area contributed by atoms with E-state index in [-0.39, 0.29) is 12.2 Å². The van der Waals surface area contributed by atoms with Gasteiger partial charge in [-0.3, -0.25) is 0 Å². The largest absolute Gasteiger partial charge is 0.416 e. The van der Waals surface area contributed by atoms with Crippen LogP contribution in [0.25, 0.3) is 0 Å². The quantitative estimate of drug-likeness (QED) is 0.247. The highest BCUT2D eigenvalue weighted by molar-refractivity contribution is 9.09. The molecule has 1 fully saturated rings. The van der Waals surface area contributed by atoms with Crippen LogP contribution < -0.4 is 0 Å². The summed E-state index contributed by atoms with van der Waals surface area (Å²) in [5.74, 6) is 0. The minimum atomic E-state index is -1.80. The van der Waals surface area contributed by atoms with Gasteiger partial charge in [-0.15, -0.1) is 0 Å². The number of halogens is 1. The normalized spacial score (nSPS) is 23.3. The Balaban J connectivity index is 1.82. The summed E-state index contributed by atoms with van der Waals surface area (Å²) in [6.45, 7) is 16.2. The predicted octanol–water partition coefficient (Wildman–Crippen LogP) is 7.10. The van der Waals surface area contributed by atoms with Crippen LogP contribution >= 0.6 is 15.9 Å². The minimum Gasteiger partial charge on any atom is -0.416 e. The van der Waals surface area contributed by atoms with Crippen LogP contribution in [-0.2, 0) is 20.5 Å². The Bertz CT molecular complexity index is 557. The van der Waals surface area contributed by atoms with Gasteiger partial charge in [-0.2, -0.15) is 0 Å². The summed E-state index contributed by atoms with van der Waals surface area (Å²) < 4.78 is 19.0. The Hall–Kier alpha value is -0.203. The van der Waals surface area contributed by atoms with Crippen molar-refractivity contribution < 1.29 is 13.9 Å². The maximum atomic E-state index is 6.74. The maximum absolute atomic E-state index is 6.74. The highest BCUT2D eigenvalue weighted by Crippen LogP contribution is 2.42. The standard InChI is InChI=1S/C24H41BrO3Si/c1-18(2)29(19(3)4,20(5)6)27-13-12-23-14-22(25)15-24(28-23)17-26-16-21-10-8-7-9-11-21/h7-11,18-20,22-24H,12-17H2,1-6H3/t22?,23-,24-/m0/s1. The lowest BCUT2D eigenvalue weighted by Crippen LogP contribution is -2.48. The molecule has 1 heterocycles. The highest BCUT2D eigenvalue weighted by atomic mass is 79.9. The van der Waals surface area contributed by atoms with Gasteiger partial charge < -0.3 is 13.9 Å². The number of hydrogen-bond donors (Lipinski definition) is 0. The molecule has 1 aromatic carbocycles. The molecule has 0 spiro atoms. The average molecular weight is 486 g/mol. The van der Waals surface area contributed by atoms with Crippen LogP contribution in [0.4, 0.5) is 0 Å². The molecule has 29 heavy (non-hydrogen) atoms. The first-order valence-electron chi connectivity index (χ1n) is 11.3. The second kappa shape index (κ2) is 12.0. The van der Waals surface area contributed by atoms with Crippen LogP contribution in [0.15, 0.2) is 30.3 Å². The topological polar surface area (TPSA) is 27.7 Å². The molecule has 2 rings (SSSR count). The summed E-state index contributed by atoms with van der Waals surface area (Å²) in [6, 6.07) is 10.3. The van der Waals surface area contributed by atoms with Crippen molar-refractivity contribution in [3.63, 3.8) is 0 Å². The van der Waals surface area contributed by atoms with Gasteiger partial charge in [0.25, 0.3) is 0 Å². The second-order valence-electron chi connectivity index (χ2n) is 9.40. The molecule has 0 aliphatic carbocycles. The molecular weight excluding hydrogens is 444 g/mol. The summed E-state index contributed by atoms with van der Waals surface area (Å²) in [6.07, 6.45) is 3.44. The third kappa shape index (κ3) is 7.17. The van der Waals surface area contributed by atoms with E-state index in [1.54, 1.807) is 0 Å². The van der Waals surface area contributed by atoms with Gasteiger partial charge in [-0.25, -0.2) is 0 Å². The molecule has 3 nitrogen and oxygen atoms in total. The van der Waals surface area contributed by atoms with Crippen molar-refractivity contribution in [1.29, 1.82) is 0 Å². The van der Waals surface area contributed by atoms with Crippen LogP contribution in [0.5, 0.6) is 0 Å². The van der Waals surface area contributed by atoms with E-state index in [4.69, 9.17) is 13.9 Å². The summed E-state index contributed by atoms with van der Waals surface area (Å²) in [7, 11) is -1.80. The van der Waals surface area contributed by atoms with Gasteiger partial charge in [-0.1, -0.05) is 87.8 Å². The molecule has 5 heteroatoms. The van der Waals surface area contributed by atoms with Crippen LogP contribution in [0.1, 0.15) is 66.4 Å². The molecule has 1 aliphatic heterocycles. The van der Waals surface area contributed by atoms with Crippen LogP contribution in [0.3, 0.4) is 0 Å². The van der Waals surface area contributed by atoms with Gasteiger partial charge in [0.2, 0.25) is 0 Å². The third-order valence-electron chi connectivity index (χ3n) is 6.34. The first-order chi connectivity index (χ1) is 13.8. The summed E-state index contributed by atoms with van der Waals surface area (Å²) >= 11 is 3.84. The zero-order chi connectivity index (χ0) is 21.4. The molecule has 0 saturated carbocycles. The number of ether oxygens (including phenoxy) is 2. The number of hydrogen-bond acceptors (Lipinski definition) is 3. The molecule has 0 bridgehead atoms. The molecule has 1 aliphatic rings. The second-order valence-corrected chi connectivity index (χ2v) is 16.2. The highest BCUT2D eigenvalue weighted by Gasteiger charge is 2.45. The minimum absolute atomic E-state index is 0.157. The third-order valence-corrected chi connectivity index (χ3v) is 13.2. The first kappa shape index (κ1) is 25.1. The van der Waals surface area contributed by atoms with Crippen LogP contribution in [-0.4, -0.2) is 38.6 Å². The van der Waals surface area contributed by atoms with E-state index in [1.165, 1.54) is 5.56 Å². The van der Waals surface area contributed by atoms with Crippen molar-refractivity contribution in [3.8, 4) is 0 Å². The number of benzene rings is 1. The van der Waals surface area contributed by atoms with E-state index in [0.29, 0.717) is 34.7 Å². The molecule has 0 radical (unpaired) electrons. The number of rotatable bonds is 11. The summed E-state index contributed by atoms with van der Waals surface area (Å²) in [5, 5.41) is 0. The van der Waals surface area contributed by atoms with E-state index in [1.807, 2.05) is 6.07 Å². The molecule has 166 valence electrons. The van der Waals surface area contributed by atoms with E-state index in [9.17, 15) is 0 Å². The zero-order valence-corrected chi connectivity index (χ0v) is 21.8. The molecule has 1 aromatic rings. The Morgan fingerprint density at radius 1 is 0.966 bits per heavy atom. The maximum Gasteiger partial charge on any atom is 0.200 e. The van der Waals surface area contributed by atoms with Gasteiger partial charge in [0, 0.05) is 11.4 Å². The Kier molecular flexibility index (Phi) is 10.4. The Morgan fingerprint density at radius 3 is 2.14 bits per heavy atom. The van der Waals surface area contributed by atoms with Crippen molar-refractivity contribution in [2.24, 2.45) is 0 Å². The van der Waals surface area contributed by atoms with Crippen molar-refractivity contribution in [2.75, 3.05) is 13.2 Å². The number of alkyl halides is 1. The molecule has 1 saturated heterocycles. The first-order valence-corrected chi connectivity index (χ1v) is 14.4. The van der Waals surface area contributed by atoms with E-state index in [0.717, 1.165) is 25.9 Å². The van der Waals surface area contributed by atoms with Gasteiger partial charge in [0.15, 0.2) is 8.32 Å². The Labute approximate surface area is 188 Å². The van der Waals surface area contributed by atoms with Gasteiger partial charge in [0.05, 0.1) is 25.4 Å². The van der Waals surface area contributed by atoms with E-state index in [2.05, 4.69) is 81.7 Å². The molecule has 0 N–H and O–H groups in total. The van der Waals surface area contributed by atoms with Crippen molar-refractivity contribution in [3.05, 3.63) is 35.9 Å². The van der Waals surface area contributed by atoms with Gasteiger partial charge in [0.1, 0.15) is 0 Å². The lowest BCUT2D eigenvalue weighted by Gasteiger charge is -2.42. The molecule has 1 unspecified atom stereocenters. The van der Waals surface area contributed by atoms with E-state index >= 15 is 0 Å². The zero-order valence-electron chi connectivity index (χ0n) is 19.2. The lowest BCUT2D eigenvalue weighted by molar-refractivity contribution is -0.0912. The average Bonchev–Trinajstić information content (AvgIpc) is 2.65. The fourth-order valence-electron chi connectivity index (χ4n) is 5.09. The molecular formula is C24H41BrO3Si. The smallest absolute Gasteiger partial charge is 0.200 e. The molecule has 0 aromatic heterocycles. The van der Waals surface area contributed by atoms with Crippen molar-refractivity contribution >= 4 is 24.2 Å². The van der Waals surface area contributed by atoms with Crippen molar-refractivity contribution in [2.45, 2.75) is 101 Å². The SMILES string of the molecule is CC(C)[Si](OCC[C@H]1CC(Br)C[C@@H](COCc2ccccc2)O1)(C(C)C)C(C)C. The van der Waals surface area contributed by atoms with Crippen molar-refractivity contribution in [1.82, 2.24) is 0 Å². The fourth-order valence-corrected chi connectivity index (χ4v) is 11.4. The summed E-state index contributed by atoms with van der Waals surface area (Å²) in [4.78, 5) is 0.494. The van der Waals surface area contributed by atoms with E-state index < -0.39 is 8.32 Å². The predicted molar refractivity (Wildman–Crippen MR) is 128 cm³/mol. The fraction of sp³-hybridized carbons (Fsp3) is 0.750. The van der Waals surface area contributed by atoms with Gasteiger partial charge >= 0.3 is 0 Å². The lowest BCUT2D eigenvalue weighted by atomic mass is 10.0. The Morgan fingerprint density at radius 2 is 1.55 bits per heavy atom. The summed E-state index contributed by atoms with van der Waals surface area (Å²) in [5.41, 5.74) is 3.08. The monoisotopic (exact) mass is 484 g/mol.